The van der Waals surface area contributed by atoms with Gasteiger partial charge in [0, 0.05) is 17.8 Å². The van der Waals surface area contributed by atoms with Crippen molar-refractivity contribution < 1.29 is 0 Å². The summed E-state index contributed by atoms with van der Waals surface area (Å²) in [7, 11) is 0. The van der Waals surface area contributed by atoms with Crippen LogP contribution < -0.4 is 5.73 Å². The van der Waals surface area contributed by atoms with Gasteiger partial charge in [0.25, 0.3) is 0 Å². The zero-order chi connectivity index (χ0) is 14.7. The quantitative estimate of drug-likeness (QED) is 0.794. The van der Waals surface area contributed by atoms with Crippen LogP contribution in [0.3, 0.4) is 0 Å². The Labute approximate surface area is 125 Å². The molecule has 1 unspecified atom stereocenters. The summed E-state index contributed by atoms with van der Waals surface area (Å²) in [4.78, 5) is 0. The van der Waals surface area contributed by atoms with E-state index in [0.29, 0.717) is 0 Å². The summed E-state index contributed by atoms with van der Waals surface area (Å²) >= 11 is 0. The Bertz CT molecular complexity index is 716. The first-order valence-corrected chi connectivity index (χ1v) is 7.13. The molecule has 3 heteroatoms. The van der Waals surface area contributed by atoms with Crippen LogP contribution in [0.4, 0.5) is 0 Å². The van der Waals surface area contributed by atoms with Crippen LogP contribution in [0.5, 0.6) is 0 Å². The molecule has 21 heavy (non-hydrogen) atoms. The lowest BCUT2D eigenvalue weighted by atomic mass is 10.0. The third-order valence-electron chi connectivity index (χ3n) is 3.59. The van der Waals surface area contributed by atoms with E-state index >= 15 is 0 Å². The van der Waals surface area contributed by atoms with E-state index in [1.165, 1.54) is 11.1 Å². The SMILES string of the molecule is Cc1cccc(CC(N)c2cnn(-c3ccccc3)c2)c1. The van der Waals surface area contributed by atoms with Gasteiger partial charge in [-0.15, -0.1) is 0 Å². The number of hydrogen-bond acceptors (Lipinski definition) is 2. The van der Waals surface area contributed by atoms with E-state index in [0.717, 1.165) is 17.7 Å². The first-order valence-electron chi connectivity index (χ1n) is 7.13. The first-order chi connectivity index (χ1) is 10.2. The van der Waals surface area contributed by atoms with Gasteiger partial charge in [0.2, 0.25) is 0 Å². The predicted molar refractivity (Wildman–Crippen MR) is 85.4 cm³/mol. The minimum atomic E-state index is -0.0377. The van der Waals surface area contributed by atoms with Crippen molar-refractivity contribution >= 4 is 0 Å². The highest BCUT2D eigenvalue weighted by atomic mass is 15.3. The molecule has 3 rings (SSSR count). The Balaban J connectivity index is 1.77. The van der Waals surface area contributed by atoms with Crippen LogP contribution in [-0.2, 0) is 6.42 Å². The number of nitrogens with two attached hydrogens (primary N) is 1. The zero-order valence-electron chi connectivity index (χ0n) is 12.1. The van der Waals surface area contributed by atoms with Crippen molar-refractivity contribution in [1.82, 2.24) is 9.78 Å². The Morgan fingerprint density at radius 1 is 1.10 bits per heavy atom. The molecule has 0 bridgehead atoms. The smallest absolute Gasteiger partial charge is 0.0645 e. The standard InChI is InChI=1S/C18H19N3/c1-14-6-5-7-15(10-14)11-18(19)16-12-20-21(13-16)17-8-3-2-4-9-17/h2-10,12-13,18H,11,19H2,1H3. The molecule has 1 aromatic heterocycles. The van der Waals surface area contributed by atoms with Gasteiger partial charge in [-0.2, -0.15) is 5.10 Å². The minimum absolute atomic E-state index is 0.0377. The molecular formula is C18H19N3. The molecular weight excluding hydrogens is 258 g/mol. The number of rotatable bonds is 4. The summed E-state index contributed by atoms with van der Waals surface area (Å²) in [5.74, 6) is 0. The Morgan fingerprint density at radius 2 is 1.90 bits per heavy atom. The fourth-order valence-corrected chi connectivity index (χ4v) is 2.46. The number of nitrogens with zero attached hydrogens (tertiary/aromatic N) is 2. The lowest BCUT2D eigenvalue weighted by Gasteiger charge is -2.10. The van der Waals surface area contributed by atoms with E-state index < -0.39 is 0 Å². The maximum atomic E-state index is 6.32. The monoisotopic (exact) mass is 277 g/mol. The van der Waals surface area contributed by atoms with Crippen molar-refractivity contribution in [2.75, 3.05) is 0 Å². The van der Waals surface area contributed by atoms with Gasteiger partial charge in [-0.25, -0.2) is 4.68 Å². The maximum absolute atomic E-state index is 6.32. The van der Waals surface area contributed by atoms with Crippen molar-refractivity contribution in [3.8, 4) is 5.69 Å². The van der Waals surface area contributed by atoms with Crippen molar-refractivity contribution in [1.29, 1.82) is 0 Å². The summed E-state index contributed by atoms with van der Waals surface area (Å²) in [6.45, 7) is 2.10. The van der Waals surface area contributed by atoms with Crippen molar-refractivity contribution in [3.63, 3.8) is 0 Å². The molecule has 0 spiro atoms. The fraction of sp³-hybridized carbons (Fsp3) is 0.167. The van der Waals surface area contributed by atoms with E-state index in [9.17, 15) is 0 Å². The van der Waals surface area contributed by atoms with Crippen molar-refractivity contribution in [2.24, 2.45) is 5.73 Å². The summed E-state index contributed by atoms with van der Waals surface area (Å²) in [5.41, 5.74) is 10.9. The Kier molecular flexibility index (Phi) is 3.84. The van der Waals surface area contributed by atoms with Crippen LogP contribution >= 0.6 is 0 Å². The number of benzene rings is 2. The third kappa shape index (κ3) is 3.20. The van der Waals surface area contributed by atoms with E-state index in [-0.39, 0.29) is 6.04 Å². The highest BCUT2D eigenvalue weighted by molar-refractivity contribution is 5.32. The van der Waals surface area contributed by atoms with Gasteiger partial charge in [-0.3, -0.25) is 0 Å². The van der Waals surface area contributed by atoms with Gasteiger partial charge in [0.15, 0.2) is 0 Å². The molecule has 1 heterocycles. The molecule has 0 fully saturated rings. The Morgan fingerprint density at radius 3 is 2.67 bits per heavy atom. The number of para-hydroxylation sites is 1. The molecule has 0 amide bonds. The van der Waals surface area contributed by atoms with E-state index in [2.05, 4.69) is 36.3 Å². The van der Waals surface area contributed by atoms with Crippen LogP contribution in [0.2, 0.25) is 0 Å². The fourth-order valence-electron chi connectivity index (χ4n) is 2.46. The van der Waals surface area contributed by atoms with Crippen LogP contribution in [0, 0.1) is 6.92 Å². The molecule has 0 aliphatic carbocycles. The molecule has 106 valence electrons. The van der Waals surface area contributed by atoms with Gasteiger partial charge < -0.3 is 5.73 Å². The lowest BCUT2D eigenvalue weighted by Crippen LogP contribution is -2.12. The third-order valence-corrected chi connectivity index (χ3v) is 3.59. The second-order valence-electron chi connectivity index (χ2n) is 5.35. The van der Waals surface area contributed by atoms with Crippen molar-refractivity contribution in [3.05, 3.63) is 83.7 Å². The largest absolute Gasteiger partial charge is 0.324 e. The van der Waals surface area contributed by atoms with Gasteiger partial charge in [0.1, 0.15) is 0 Å². The summed E-state index contributed by atoms with van der Waals surface area (Å²) in [6, 6.07) is 18.5. The number of aryl methyl sites for hydroxylation is 1. The highest BCUT2D eigenvalue weighted by Crippen LogP contribution is 2.18. The highest BCUT2D eigenvalue weighted by Gasteiger charge is 2.10. The molecule has 0 aliphatic rings. The number of hydrogen-bond donors (Lipinski definition) is 1. The second-order valence-corrected chi connectivity index (χ2v) is 5.35. The predicted octanol–water partition coefficient (Wildman–Crippen LogP) is 3.42. The topological polar surface area (TPSA) is 43.8 Å². The molecule has 0 aliphatic heterocycles. The molecule has 1 atom stereocenters. The molecule has 2 aromatic carbocycles. The van der Waals surface area contributed by atoms with Crippen LogP contribution in [-0.4, -0.2) is 9.78 Å². The average Bonchev–Trinajstić information content (AvgIpc) is 2.98. The zero-order valence-corrected chi connectivity index (χ0v) is 12.1. The average molecular weight is 277 g/mol. The molecule has 2 N–H and O–H groups in total. The van der Waals surface area contributed by atoms with Gasteiger partial charge in [-0.1, -0.05) is 48.0 Å². The molecule has 3 nitrogen and oxygen atoms in total. The van der Waals surface area contributed by atoms with Crippen LogP contribution in [0.15, 0.2) is 67.0 Å². The van der Waals surface area contributed by atoms with Gasteiger partial charge in [-0.05, 0) is 31.0 Å². The minimum Gasteiger partial charge on any atom is -0.324 e. The summed E-state index contributed by atoms with van der Waals surface area (Å²) in [5, 5.41) is 4.40. The van der Waals surface area contributed by atoms with Gasteiger partial charge >= 0.3 is 0 Å². The summed E-state index contributed by atoms with van der Waals surface area (Å²) < 4.78 is 1.87. The second kappa shape index (κ2) is 5.94. The van der Waals surface area contributed by atoms with Crippen molar-refractivity contribution in [2.45, 2.75) is 19.4 Å². The van der Waals surface area contributed by atoms with Crippen LogP contribution in [0.25, 0.3) is 5.69 Å². The molecule has 0 saturated heterocycles. The summed E-state index contributed by atoms with van der Waals surface area (Å²) in [6.07, 6.45) is 4.69. The normalized spacial score (nSPS) is 12.3. The van der Waals surface area contributed by atoms with E-state index in [1.807, 2.05) is 47.4 Å². The molecule has 3 aromatic rings. The van der Waals surface area contributed by atoms with Crippen LogP contribution in [0.1, 0.15) is 22.7 Å². The Hall–Kier alpha value is -2.39. The van der Waals surface area contributed by atoms with Gasteiger partial charge in [0.05, 0.1) is 11.9 Å². The molecule has 0 saturated carbocycles. The molecule has 0 radical (unpaired) electrons. The van der Waals surface area contributed by atoms with E-state index in [4.69, 9.17) is 5.73 Å². The first kappa shape index (κ1) is 13.6. The maximum Gasteiger partial charge on any atom is 0.0645 e. The number of aromatic nitrogens is 2. The van der Waals surface area contributed by atoms with E-state index in [1.54, 1.807) is 0 Å². The lowest BCUT2D eigenvalue weighted by molar-refractivity contribution is 0.721.